The van der Waals surface area contributed by atoms with Gasteiger partial charge in [0, 0.05) is 22.9 Å². The molecule has 0 saturated heterocycles. The molecule has 4 nitrogen and oxygen atoms in total. The van der Waals surface area contributed by atoms with Gasteiger partial charge in [-0.15, -0.1) is 0 Å². The van der Waals surface area contributed by atoms with Crippen LogP contribution in [0.15, 0.2) is 47.5 Å². The van der Waals surface area contributed by atoms with Crippen LogP contribution in [0.5, 0.6) is 11.5 Å². The molecule has 1 aromatic heterocycles. The maximum atomic E-state index is 5.89. The molecule has 0 fully saturated rings. The van der Waals surface area contributed by atoms with E-state index in [1.54, 1.807) is 13.3 Å². The van der Waals surface area contributed by atoms with Crippen LogP contribution in [0.1, 0.15) is 10.4 Å². The Hall–Kier alpha value is -2.37. The molecule has 0 unspecified atom stereocenters. The molecule has 6 heteroatoms. The number of halogens is 1. The molecular formula is C18H13ClN2O2S. The van der Waals surface area contributed by atoms with Crippen molar-refractivity contribution in [3.05, 3.63) is 57.9 Å². The molecule has 24 heavy (non-hydrogen) atoms. The highest BCUT2D eigenvalue weighted by Crippen LogP contribution is 2.42. The summed E-state index contributed by atoms with van der Waals surface area (Å²) in [4.78, 5) is 10.2. The number of benzene rings is 2. The van der Waals surface area contributed by atoms with Crippen LogP contribution < -0.4 is 9.47 Å². The van der Waals surface area contributed by atoms with Crippen LogP contribution >= 0.6 is 22.9 Å². The number of nitrogens with zero attached hydrogens (tertiary/aromatic N) is 2. The Kier molecular flexibility index (Phi) is 3.96. The second-order valence-corrected chi connectivity index (χ2v) is 6.73. The van der Waals surface area contributed by atoms with E-state index >= 15 is 0 Å². The van der Waals surface area contributed by atoms with Crippen molar-refractivity contribution < 1.29 is 9.47 Å². The lowest BCUT2D eigenvalue weighted by molar-refractivity contribution is 0.303. The number of thiazole rings is 1. The van der Waals surface area contributed by atoms with Gasteiger partial charge in [0.1, 0.15) is 18.1 Å². The quantitative estimate of drug-likeness (QED) is 0.612. The van der Waals surface area contributed by atoms with Gasteiger partial charge in [0.2, 0.25) is 5.13 Å². The number of hydrogen-bond acceptors (Lipinski definition) is 5. The summed E-state index contributed by atoms with van der Waals surface area (Å²) >= 11 is 7.43. The van der Waals surface area contributed by atoms with Gasteiger partial charge in [0.05, 0.1) is 17.7 Å². The Morgan fingerprint density at radius 1 is 1.25 bits per heavy atom. The summed E-state index contributed by atoms with van der Waals surface area (Å²) in [6, 6.07) is 13.3. The summed E-state index contributed by atoms with van der Waals surface area (Å²) in [7, 11) is 1.64. The van der Waals surface area contributed by atoms with Crippen molar-refractivity contribution in [2.24, 2.45) is 4.99 Å². The van der Waals surface area contributed by atoms with Gasteiger partial charge in [0.25, 0.3) is 0 Å². The predicted octanol–water partition coefficient (Wildman–Crippen LogP) is 5.12. The lowest BCUT2D eigenvalue weighted by atomic mass is 10.1. The fourth-order valence-electron chi connectivity index (χ4n) is 2.47. The summed E-state index contributed by atoms with van der Waals surface area (Å²) in [5.41, 5.74) is 2.89. The second-order valence-electron chi connectivity index (χ2n) is 5.23. The molecular weight excluding hydrogens is 344 g/mol. The zero-order valence-corrected chi connectivity index (χ0v) is 14.4. The molecule has 0 amide bonds. The van der Waals surface area contributed by atoms with Gasteiger partial charge in [-0.2, -0.15) is 0 Å². The van der Waals surface area contributed by atoms with E-state index in [0.29, 0.717) is 16.8 Å². The minimum atomic E-state index is 0.504. The number of fused-ring (bicyclic) bond motifs is 3. The van der Waals surface area contributed by atoms with Crippen LogP contribution in [0.25, 0.3) is 11.3 Å². The molecule has 4 rings (SSSR count). The molecule has 0 N–H and O–H groups in total. The molecule has 0 bridgehead atoms. The van der Waals surface area contributed by atoms with Crippen molar-refractivity contribution in [2.45, 2.75) is 6.61 Å². The van der Waals surface area contributed by atoms with Gasteiger partial charge in [-0.1, -0.05) is 35.1 Å². The van der Waals surface area contributed by atoms with E-state index in [9.17, 15) is 0 Å². The summed E-state index contributed by atoms with van der Waals surface area (Å²) in [5.74, 6) is 1.56. The average Bonchev–Trinajstić information content (AvgIpc) is 3.04. The van der Waals surface area contributed by atoms with Crippen LogP contribution in [-0.2, 0) is 6.61 Å². The largest absolute Gasteiger partial charge is 0.497 e. The average molecular weight is 357 g/mol. The topological polar surface area (TPSA) is 43.7 Å². The molecule has 0 spiro atoms. The molecule has 1 aliphatic heterocycles. The highest BCUT2D eigenvalue weighted by Gasteiger charge is 2.22. The van der Waals surface area contributed by atoms with Crippen LogP contribution in [0.3, 0.4) is 0 Å². The number of rotatable bonds is 3. The van der Waals surface area contributed by atoms with Crippen LogP contribution in [0.4, 0.5) is 5.13 Å². The number of methoxy groups -OCH3 is 1. The van der Waals surface area contributed by atoms with Crippen molar-refractivity contribution in [1.82, 2.24) is 4.98 Å². The zero-order chi connectivity index (χ0) is 16.5. The second kappa shape index (κ2) is 6.26. The van der Waals surface area contributed by atoms with E-state index in [4.69, 9.17) is 21.1 Å². The fourth-order valence-corrected chi connectivity index (χ4v) is 3.43. The molecule has 1 aliphatic rings. The van der Waals surface area contributed by atoms with E-state index in [-0.39, 0.29) is 0 Å². The summed E-state index contributed by atoms with van der Waals surface area (Å²) in [6.45, 7) is 0.504. The Labute approximate surface area is 148 Å². The highest BCUT2D eigenvalue weighted by molar-refractivity contribution is 7.15. The number of ether oxygens (including phenoxy) is 2. The normalized spacial score (nSPS) is 12.6. The Bertz CT molecular complexity index is 919. The van der Waals surface area contributed by atoms with Crippen LogP contribution in [-0.4, -0.2) is 18.3 Å². The number of hydrogen-bond donors (Lipinski definition) is 0. The van der Waals surface area contributed by atoms with E-state index in [1.165, 1.54) is 11.3 Å². The summed E-state index contributed by atoms with van der Waals surface area (Å²) in [5, 5.41) is 1.42. The predicted molar refractivity (Wildman–Crippen MR) is 97.1 cm³/mol. The number of aromatic nitrogens is 1. The summed E-state index contributed by atoms with van der Waals surface area (Å²) < 4.78 is 11.0. The molecule has 3 aromatic rings. The minimum Gasteiger partial charge on any atom is -0.497 e. The molecule has 0 radical (unpaired) electrons. The smallest absolute Gasteiger partial charge is 0.210 e. The van der Waals surface area contributed by atoms with Crippen molar-refractivity contribution in [1.29, 1.82) is 0 Å². The lowest BCUT2D eigenvalue weighted by Crippen LogP contribution is -2.03. The minimum absolute atomic E-state index is 0.504. The first-order valence-corrected chi connectivity index (χ1v) is 8.53. The van der Waals surface area contributed by atoms with E-state index in [2.05, 4.69) is 9.98 Å². The van der Waals surface area contributed by atoms with Gasteiger partial charge in [0.15, 0.2) is 0 Å². The SMILES string of the molecule is COc1ccc2c(c1)OCc1sc(N=Cc3ccc(Cl)cc3)nc1-2. The van der Waals surface area contributed by atoms with E-state index in [1.807, 2.05) is 42.5 Å². The Morgan fingerprint density at radius 3 is 2.88 bits per heavy atom. The molecule has 0 aliphatic carbocycles. The van der Waals surface area contributed by atoms with Gasteiger partial charge in [-0.05, 0) is 29.8 Å². The first-order chi connectivity index (χ1) is 11.7. The zero-order valence-electron chi connectivity index (χ0n) is 12.8. The Balaban J connectivity index is 1.65. The molecule has 0 saturated carbocycles. The summed E-state index contributed by atoms with van der Waals surface area (Å²) in [6.07, 6.45) is 1.79. The van der Waals surface area contributed by atoms with Crippen molar-refractivity contribution in [3.8, 4) is 22.8 Å². The first-order valence-electron chi connectivity index (χ1n) is 7.33. The third kappa shape index (κ3) is 2.88. The van der Waals surface area contributed by atoms with Crippen LogP contribution in [0, 0.1) is 0 Å². The third-order valence-corrected chi connectivity index (χ3v) is 4.87. The van der Waals surface area contributed by atoms with Gasteiger partial charge < -0.3 is 9.47 Å². The van der Waals surface area contributed by atoms with Crippen molar-refractivity contribution >= 4 is 34.3 Å². The fraction of sp³-hybridized carbons (Fsp3) is 0.111. The third-order valence-electron chi connectivity index (χ3n) is 3.68. The van der Waals surface area contributed by atoms with Gasteiger partial charge >= 0.3 is 0 Å². The maximum Gasteiger partial charge on any atom is 0.210 e. The molecule has 120 valence electrons. The maximum absolute atomic E-state index is 5.89. The van der Waals surface area contributed by atoms with E-state index in [0.717, 1.165) is 33.2 Å². The number of aliphatic imine (C=N–C) groups is 1. The van der Waals surface area contributed by atoms with E-state index < -0.39 is 0 Å². The van der Waals surface area contributed by atoms with Gasteiger partial charge in [-0.25, -0.2) is 9.98 Å². The van der Waals surface area contributed by atoms with Gasteiger partial charge in [-0.3, -0.25) is 0 Å². The standard InChI is InChI=1S/C18H13ClN2O2S/c1-22-13-6-7-14-15(8-13)23-10-16-17(14)21-18(24-16)20-9-11-2-4-12(19)5-3-11/h2-9H,10H2,1H3. The Morgan fingerprint density at radius 2 is 2.08 bits per heavy atom. The lowest BCUT2D eigenvalue weighted by Gasteiger charge is -2.16. The van der Waals surface area contributed by atoms with Crippen LogP contribution in [0.2, 0.25) is 5.02 Å². The first kappa shape index (κ1) is 15.2. The van der Waals surface area contributed by atoms with Crippen molar-refractivity contribution in [3.63, 3.8) is 0 Å². The monoisotopic (exact) mass is 356 g/mol. The van der Waals surface area contributed by atoms with Crippen molar-refractivity contribution in [2.75, 3.05) is 7.11 Å². The molecule has 0 atom stereocenters. The highest BCUT2D eigenvalue weighted by atomic mass is 35.5. The molecule has 2 aromatic carbocycles. The molecule has 2 heterocycles.